The van der Waals surface area contributed by atoms with Crippen molar-refractivity contribution in [3.63, 3.8) is 0 Å². The van der Waals surface area contributed by atoms with Gasteiger partial charge in [0.15, 0.2) is 11.6 Å². The van der Waals surface area contributed by atoms with Gasteiger partial charge in [-0.2, -0.15) is 0 Å². The maximum atomic E-state index is 13.7. The molecule has 1 fully saturated rings. The normalized spacial score (nSPS) is 18.7. The van der Waals surface area contributed by atoms with Crippen LogP contribution in [0.15, 0.2) is 18.2 Å². The Kier molecular flexibility index (Phi) is 4.54. The number of nitrogens with zero attached hydrogens (tertiary/aromatic N) is 1. The Morgan fingerprint density at radius 1 is 1.50 bits per heavy atom. The number of ether oxygens (including phenoxy) is 1. The number of hydrogen-bond donors (Lipinski definition) is 1. The second kappa shape index (κ2) is 6.17. The summed E-state index contributed by atoms with van der Waals surface area (Å²) in [6, 6.07) is 3.95. The molecule has 0 aliphatic carbocycles. The summed E-state index contributed by atoms with van der Waals surface area (Å²) in [4.78, 5) is 14.4. The van der Waals surface area contributed by atoms with Crippen LogP contribution in [0.1, 0.15) is 29.6 Å². The number of methoxy groups -OCH3 is 1. The first-order chi connectivity index (χ1) is 9.54. The van der Waals surface area contributed by atoms with Crippen molar-refractivity contribution in [1.29, 1.82) is 0 Å². The molecular formula is C14H17FN2O2S. The summed E-state index contributed by atoms with van der Waals surface area (Å²) in [7, 11) is 1.38. The third-order valence-corrected chi connectivity index (χ3v) is 3.76. The number of piperidine rings is 1. The Hall–Kier alpha value is -1.69. The number of amides is 1. The van der Waals surface area contributed by atoms with E-state index in [1.54, 1.807) is 11.0 Å². The monoisotopic (exact) mass is 296 g/mol. The summed E-state index contributed by atoms with van der Waals surface area (Å²) in [6.07, 6.45) is 2.66. The van der Waals surface area contributed by atoms with Crippen molar-refractivity contribution >= 4 is 23.1 Å². The molecule has 1 aliphatic rings. The fourth-order valence-corrected chi connectivity index (χ4v) is 2.68. The zero-order valence-corrected chi connectivity index (χ0v) is 12.1. The molecule has 1 aliphatic heterocycles. The van der Waals surface area contributed by atoms with E-state index in [-0.39, 0.29) is 23.3 Å². The fraction of sp³-hybridized carbons (Fsp3) is 0.429. The van der Waals surface area contributed by atoms with Crippen LogP contribution in [0.3, 0.4) is 0 Å². The number of carbonyl (C=O) groups excluding carboxylic acids is 1. The largest absolute Gasteiger partial charge is 0.494 e. The summed E-state index contributed by atoms with van der Waals surface area (Å²) in [6.45, 7) is 0.592. The minimum atomic E-state index is -0.553. The molecule has 1 saturated heterocycles. The van der Waals surface area contributed by atoms with Gasteiger partial charge >= 0.3 is 0 Å². The average Bonchev–Trinajstić information content (AvgIpc) is 2.46. The number of nitrogens with two attached hydrogens (primary N) is 1. The van der Waals surface area contributed by atoms with E-state index in [0.29, 0.717) is 11.5 Å². The van der Waals surface area contributed by atoms with E-state index in [1.165, 1.54) is 19.2 Å². The highest BCUT2D eigenvalue weighted by Crippen LogP contribution is 2.23. The SMILES string of the molecule is COc1ccc(C(=O)N2CCCCC2C(N)=S)cc1F. The topological polar surface area (TPSA) is 55.6 Å². The molecule has 0 aromatic heterocycles. The predicted octanol–water partition coefficient (Wildman–Crippen LogP) is 2.12. The minimum absolute atomic E-state index is 0.117. The highest BCUT2D eigenvalue weighted by molar-refractivity contribution is 7.80. The van der Waals surface area contributed by atoms with Gasteiger partial charge in [-0.15, -0.1) is 0 Å². The Bertz CT molecular complexity index is 536. The van der Waals surface area contributed by atoms with Crippen LogP contribution in [-0.4, -0.2) is 35.5 Å². The number of halogens is 1. The van der Waals surface area contributed by atoms with Gasteiger partial charge in [-0.25, -0.2) is 4.39 Å². The Labute approximate surface area is 122 Å². The van der Waals surface area contributed by atoms with Crippen LogP contribution >= 0.6 is 12.2 Å². The molecule has 0 spiro atoms. The number of carbonyl (C=O) groups is 1. The van der Waals surface area contributed by atoms with Crippen molar-refractivity contribution in [2.75, 3.05) is 13.7 Å². The maximum Gasteiger partial charge on any atom is 0.254 e. The van der Waals surface area contributed by atoms with Gasteiger partial charge < -0.3 is 15.4 Å². The molecule has 1 aromatic rings. The van der Waals surface area contributed by atoms with E-state index >= 15 is 0 Å². The number of thiocarbonyl (C=S) groups is 1. The Morgan fingerprint density at radius 3 is 2.85 bits per heavy atom. The van der Waals surface area contributed by atoms with Crippen molar-refractivity contribution in [3.05, 3.63) is 29.6 Å². The lowest BCUT2D eigenvalue weighted by atomic mass is 10.0. The van der Waals surface area contributed by atoms with Gasteiger partial charge in [0, 0.05) is 12.1 Å². The van der Waals surface area contributed by atoms with E-state index in [0.717, 1.165) is 19.3 Å². The van der Waals surface area contributed by atoms with Crippen LogP contribution in [0.2, 0.25) is 0 Å². The molecular weight excluding hydrogens is 279 g/mol. The van der Waals surface area contributed by atoms with Crippen molar-refractivity contribution < 1.29 is 13.9 Å². The second-order valence-electron chi connectivity index (χ2n) is 4.76. The number of benzene rings is 1. The quantitative estimate of drug-likeness (QED) is 0.868. The van der Waals surface area contributed by atoms with Crippen LogP contribution < -0.4 is 10.5 Å². The van der Waals surface area contributed by atoms with Gasteiger partial charge in [0.25, 0.3) is 5.91 Å². The second-order valence-corrected chi connectivity index (χ2v) is 5.23. The van der Waals surface area contributed by atoms with Gasteiger partial charge in [-0.05, 0) is 37.5 Å². The van der Waals surface area contributed by atoms with Crippen LogP contribution in [0.25, 0.3) is 0 Å². The molecule has 1 unspecified atom stereocenters. The summed E-state index contributed by atoms with van der Waals surface area (Å²) in [5.41, 5.74) is 5.98. The molecule has 0 radical (unpaired) electrons. The standard InChI is InChI=1S/C14H17FN2O2S/c1-19-12-6-5-9(8-10(12)15)14(18)17-7-3-2-4-11(17)13(16)20/h5-6,8,11H,2-4,7H2,1H3,(H2,16,20). The molecule has 1 atom stereocenters. The van der Waals surface area contributed by atoms with Crippen molar-refractivity contribution in [2.45, 2.75) is 25.3 Å². The highest BCUT2D eigenvalue weighted by Gasteiger charge is 2.29. The van der Waals surface area contributed by atoms with Crippen LogP contribution in [0, 0.1) is 5.82 Å². The zero-order valence-electron chi connectivity index (χ0n) is 11.3. The van der Waals surface area contributed by atoms with E-state index in [2.05, 4.69) is 0 Å². The van der Waals surface area contributed by atoms with E-state index in [1.807, 2.05) is 0 Å². The molecule has 1 aromatic carbocycles. The van der Waals surface area contributed by atoms with Gasteiger partial charge in [0.05, 0.1) is 18.1 Å². The lowest BCUT2D eigenvalue weighted by Gasteiger charge is -2.35. The zero-order chi connectivity index (χ0) is 14.7. The lowest BCUT2D eigenvalue weighted by Crippen LogP contribution is -2.49. The van der Waals surface area contributed by atoms with Crippen molar-refractivity contribution in [3.8, 4) is 5.75 Å². The first kappa shape index (κ1) is 14.7. The average molecular weight is 296 g/mol. The summed E-state index contributed by atoms with van der Waals surface area (Å²) in [5.74, 6) is -0.683. The van der Waals surface area contributed by atoms with Gasteiger partial charge in [-0.3, -0.25) is 4.79 Å². The molecule has 1 heterocycles. The number of likely N-dealkylation sites (tertiary alicyclic amines) is 1. The van der Waals surface area contributed by atoms with E-state index < -0.39 is 5.82 Å². The first-order valence-corrected chi connectivity index (χ1v) is 6.89. The third kappa shape index (κ3) is 2.90. The summed E-state index contributed by atoms with van der Waals surface area (Å²) in [5, 5.41) is 0. The first-order valence-electron chi connectivity index (χ1n) is 6.48. The highest BCUT2D eigenvalue weighted by atomic mass is 32.1. The molecule has 6 heteroatoms. The molecule has 20 heavy (non-hydrogen) atoms. The van der Waals surface area contributed by atoms with Crippen LogP contribution in [0.4, 0.5) is 4.39 Å². The van der Waals surface area contributed by atoms with Gasteiger partial charge in [-0.1, -0.05) is 12.2 Å². The number of rotatable bonds is 3. The number of hydrogen-bond acceptors (Lipinski definition) is 3. The van der Waals surface area contributed by atoms with E-state index in [9.17, 15) is 9.18 Å². The summed E-state index contributed by atoms with van der Waals surface area (Å²) >= 11 is 5.02. The van der Waals surface area contributed by atoms with Crippen LogP contribution in [-0.2, 0) is 0 Å². The fourth-order valence-electron chi connectivity index (χ4n) is 2.44. The minimum Gasteiger partial charge on any atom is -0.494 e. The molecule has 0 saturated carbocycles. The molecule has 2 rings (SSSR count). The smallest absolute Gasteiger partial charge is 0.254 e. The maximum absolute atomic E-state index is 13.7. The van der Waals surface area contributed by atoms with E-state index in [4.69, 9.17) is 22.7 Å². The van der Waals surface area contributed by atoms with Gasteiger partial charge in [0.2, 0.25) is 0 Å². The van der Waals surface area contributed by atoms with Crippen molar-refractivity contribution in [1.82, 2.24) is 4.90 Å². The van der Waals surface area contributed by atoms with Crippen LogP contribution in [0.5, 0.6) is 5.75 Å². The van der Waals surface area contributed by atoms with Gasteiger partial charge in [0.1, 0.15) is 0 Å². The molecule has 0 bridgehead atoms. The molecule has 2 N–H and O–H groups in total. The lowest BCUT2D eigenvalue weighted by molar-refractivity contribution is 0.0681. The third-order valence-electron chi connectivity index (χ3n) is 3.49. The Balaban J connectivity index is 2.25. The molecule has 108 valence electrons. The molecule has 1 amide bonds. The Morgan fingerprint density at radius 2 is 2.25 bits per heavy atom. The van der Waals surface area contributed by atoms with Crippen molar-refractivity contribution in [2.24, 2.45) is 5.73 Å². The summed E-state index contributed by atoms with van der Waals surface area (Å²) < 4.78 is 18.5. The predicted molar refractivity (Wildman–Crippen MR) is 78.4 cm³/mol. The molecule has 4 nitrogen and oxygen atoms in total.